The molecule has 1 rings (SSSR count). The molecular weight excluding hydrogens is 234 g/mol. The van der Waals surface area contributed by atoms with Gasteiger partial charge in [-0.25, -0.2) is 0 Å². The highest BCUT2D eigenvalue weighted by Crippen LogP contribution is 2.18. The van der Waals surface area contributed by atoms with Crippen molar-refractivity contribution >= 4 is 11.9 Å². The molecule has 1 aliphatic heterocycles. The first-order valence-corrected chi connectivity index (χ1v) is 6.36. The molecule has 1 heterocycles. The van der Waals surface area contributed by atoms with Crippen LogP contribution in [0.5, 0.6) is 0 Å². The Kier molecular flexibility index (Phi) is 6.43. The number of cyclic esters (lactones) is 1. The smallest absolute Gasteiger partial charge is 0.322 e. The highest BCUT2D eigenvalue weighted by atomic mass is 16.5. The van der Waals surface area contributed by atoms with Gasteiger partial charge in [-0.2, -0.15) is 0 Å². The highest BCUT2D eigenvalue weighted by molar-refractivity contribution is 5.75. The number of esters is 2. The van der Waals surface area contributed by atoms with Crippen LogP contribution in [0.25, 0.3) is 0 Å². The van der Waals surface area contributed by atoms with E-state index in [1.54, 1.807) is 6.08 Å². The lowest BCUT2D eigenvalue weighted by Gasteiger charge is -2.23. The van der Waals surface area contributed by atoms with Crippen LogP contribution in [0.3, 0.4) is 0 Å². The van der Waals surface area contributed by atoms with E-state index in [0.29, 0.717) is 32.3 Å². The second kappa shape index (κ2) is 7.87. The van der Waals surface area contributed by atoms with Crippen molar-refractivity contribution < 1.29 is 19.1 Å². The molecule has 18 heavy (non-hydrogen) atoms. The van der Waals surface area contributed by atoms with E-state index in [-0.39, 0.29) is 12.1 Å². The topological polar surface area (TPSA) is 78.6 Å². The molecule has 1 aliphatic rings. The minimum Gasteiger partial charge on any atom is -0.464 e. The molecule has 2 atom stereocenters. The van der Waals surface area contributed by atoms with Crippen molar-refractivity contribution in [3.05, 3.63) is 12.7 Å². The summed E-state index contributed by atoms with van der Waals surface area (Å²) in [7, 11) is 0. The van der Waals surface area contributed by atoms with Crippen molar-refractivity contribution in [3.8, 4) is 0 Å². The van der Waals surface area contributed by atoms with Crippen LogP contribution in [0, 0.1) is 0 Å². The van der Waals surface area contributed by atoms with Crippen molar-refractivity contribution in [3.63, 3.8) is 0 Å². The predicted molar refractivity (Wildman–Crippen MR) is 66.7 cm³/mol. The molecule has 0 aromatic heterocycles. The Bertz CT molecular complexity index is 303. The van der Waals surface area contributed by atoms with Gasteiger partial charge in [0.05, 0.1) is 6.61 Å². The van der Waals surface area contributed by atoms with Gasteiger partial charge >= 0.3 is 11.9 Å². The van der Waals surface area contributed by atoms with Gasteiger partial charge in [-0.15, -0.1) is 6.58 Å². The van der Waals surface area contributed by atoms with E-state index in [2.05, 4.69) is 6.58 Å². The Morgan fingerprint density at radius 1 is 1.67 bits per heavy atom. The maximum atomic E-state index is 11.5. The zero-order valence-corrected chi connectivity index (χ0v) is 10.6. The van der Waals surface area contributed by atoms with E-state index in [4.69, 9.17) is 15.2 Å². The minimum atomic E-state index is -0.643. The van der Waals surface area contributed by atoms with Crippen LogP contribution in [-0.2, 0) is 19.1 Å². The summed E-state index contributed by atoms with van der Waals surface area (Å²) in [5, 5.41) is 0. The molecule has 2 unspecified atom stereocenters. The molecular formula is C13H21NO4. The fourth-order valence-corrected chi connectivity index (χ4v) is 1.81. The Labute approximate surface area is 107 Å². The predicted octanol–water partition coefficient (Wildman–Crippen LogP) is 1.31. The first-order chi connectivity index (χ1) is 8.63. The minimum absolute atomic E-state index is 0.0988. The third-order valence-corrected chi connectivity index (χ3v) is 2.87. The molecule has 0 aromatic carbocycles. The number of nitrogens with two attached hydrogens (primary N) is 1. The fourth-order valence-electron chi connectivity index (χ4n) is 1.81. The summed E-state index contributed by atoms with van der Waals surface area (Å²) in [6.45, 7) is 3.85. The van der Waals surface area contributed by atoms with Crippen molar-refractivity contribution in [1.82, 2.24) is 0 Å². The van der Waals surface area contributed by atoms with E-state index in [9.17, 15) is 9.59 Å². The van der Waals surface area contributed by atoms with Crippen LogP contribution in [0.1, 0.15) is 38.5 Å². The molecule has 0 aliphatic carbocycles. The maximum Gasteiger partial charge on any atom is 0.322 e. The summed E-state index contributed by atoms with van der Waals surface area (Å²) in [6, 6.07) is -0.643. The van der Waals surface area contributed by atoms with Gasteiger partial charge in [-0.05, 0) is 32.1 Å². The number of hydrogen-bond acceptors (Lipinski definition) is 5. The molecule has 0 saturated carbocycles. The number of ether oxygens (including phenoxy) is 2. The molecule has 2 N–H and O–H groups in total. The molecule has 0 spiro atoms. The van der Waals surface area contributed by atoms with Gasteiger partial charge < -0.3 is 15.2 Å². The van der Waals surface area contributed by atoms with E-state index >= 15 is 0 Å². The van der Waals surface area contributed by atoms with Gasteiger partial charge in [0.2, 0.25) is 0 Å². The lowest BCUT2D eigenvalue weighted by molar-refractivity contribution is -0.154. The molecule has 102 valence electrons. The highest BCUT2D eigenvalue weighted by Gasteiger charge is 2.23. The molecule has 5 heteroatoms. The maximum absolute atomic E-state index is 11.5. The molecule has 0 aromatic rings. The average Bonchev–Trinajstić information content (AvgIpc) is 2.36. The average molecular weight is 255 g/mol. The van der Waals surface area contributed by atoms with Crippen LogP contribution in [0.4, 0.5) is 0 Å². The lowest BCUT2D eigenvalue weighted by atomic mass is 10.0. The molecule has 1 saturated heterocycles. The van der Waals surface area contributed by atoms with Crippen LogP contribution in [-0.4, -0.2) is 30.7 Å². The summed E-state index contributed by atoms with van der Waals surface area (Å²) < 4.78 is 10.1. The number of carbonyl (C=O) groups is 2. The molecule has 5 nitrogen and oxygen atoms in total. The fraction of sp³-hybridized carbons (Fsp3) is 0.692. The van der Waals surface area contributed by atoms with E-state index < -0.39 is 12.0 Å². The Morgan fingerprint density at radius 2 is 2.44 bits per heavy atom. The van der Waals surface area contributed by atoms with Gasteiger partial charge in [-0.3, -0.25) is 9.59 Å². The molecule has 0 amide bonds. The van der Waals surface area contributed by atoms with E-state index in [1.807, 2.05) is 0 Å². The summed E-state index contributed by atoms with van der Waals surface area (Å²) in [5.41, 5.74) is 5.71. The third kappa shape index (κ3) is 5.31. The number of carbonyl (C=O) groups excluding carboxylic acids is 2. The number of hydrogen-bond donors (Lipinski definition) is 1. The Hall–Kier alpha value is -1.36. The van der Waals surface area contributed by atoms with Gasteiger partial charge in [0.1, 0.15) is 12.1 Å². The van der Waals surface area contributed by atoms with Gasteiger partial charge in [0.25, 0.3) is 0 Å². The van der Waals surface area contributed by atoms with Crippen molar-refractivity contribution in [2.75, 3.05) is 6.61 Å². The largest absolute Gasteiger partial charge is 0.464 e. The summed E-state index contributed by atoms with van der Waals surface area (Å²) in [6.07, 6.45) is 5.49. The normalized spacial score (nSPS) is 20.9. The van der Waals surface area contributed by atoms with Crippen molar-refractivity contribution in [2.45, 2.75) is 50.7 Å². The van der Waals surface area contributed by atoms with Gasteiger partial charge in [0.15, 0.2) is 0 Å². The summed E-state index contributed by atoms with van der Waals surface area (Å²) >= 11 is 0. The van der Waals surface area contributed by atoms with E-state index in [1.165, 1.54) is 0 Å². The molecule has 1 fully saturated rings. The van der Waals surface area contributed by atoms with Crippen LogP contribution >= 0.6 is 0 Å². The summed E-state index contributed by atoms with van der Waals surface area (Å²) in [5.74, 6) is -0.563. The van der Waals surface area contributed by atoms with Crippen molar-refractivity contribution in [2.24, 2.45) is 5.73 Å². The summed E-state index contributed by atoms with van der Waals surface area (Å²) in [4.78, 5) is 22.5. The SMILES string of the molecule is C=CCCOC(=O)C(N)CCC1CCCC(=O)O1. The van der Waals surface area contributed by atoms with Crippen LogP contribution < -0.4 is 5.73 Å². The first kappa shape index (κ1) is 14.7. The second-order valence-corrected chi connectivity index (χ2v) is 4.43. The molecule has 0 radical (unpaired) electrons. The third-order valence-electron chi connectivity index (χ3n) is 2.87. The van der Waals surface area contributed by atoms with Gasteiger partial charge in [-0.1, -0.05) is 6.08 Å². The van der Waals surface area contributed by atoms with Crippen LogP contribution in [0.2, 0.25) is 0 Å². The second-order valence-electron chi connectivity index (χ2n) is 4.43. The zero-order chi connectivity index (χ0) is 13.4. The Morgan fingerprint density at radius 3 is 3.11 bits per heavy atom. The van der Waals surface area contributed by atoms with Crippen LogP contribution in [0.15, 0.2) is 12.7 Å². The number of rotatable bonds is 7. The zero-order valence-electron chi connectivity index (χ0n) is 10.6. The monoisotopic (exact) mass is 255 g/mol. The Balaban J connectivity index is 2.18. The van der Waals surface area contributed by atoms with Gasteiger partial charge in [0, 0.05) is 6.42 Å². The molecule has 0 bridgehead atoms. The quantitative estimate of drug-likeness (QED) is 0.421. The standard InChI is InChI=1S/C13H21NO4/c1-2-3-9-17-13(16)11(14)8-7-10-5-4-6-12(15)18-10/h2,10-11H,1,3-9,14H2. The lowest BCUT2D eigenvalue weighted by Crippen LogP contribution is -2.34. The first-order valence-electron chi connectivity index (χ1n) is 6.36. The van der Waals surface area contributed by atoms with Crippen molar-refractivity contribution in [1.29, 1.82) is 0 Å². The van der Waals surface area contributed by atoms with E-state index in [0.717, 1.165) is 12.8 Å².